The van der Waals surface area contributed by atoms with Crippen molar-refractivity contribution in [2.45, 2.75) is 124 Å². The van der Waals surface area contributed by atoms with E-state index in [1.54, 1.807) is 20.8 Å². The van der Waals surface area contributed by atoms with Crippen LogP contribution in [-0.2, 0) is 28.7 Å². The average Bonchev–Trinajstić information content (AvgIpc) is 3.58. The molecule has 0 bridgehead atoms. The Morgan fingerprint density at radius 1 is 0.909 bits per heavy atom. The van der Waals surface area contributed by atoms with E-state index in [0.717, 1.165) is 37.1 Å². The molecule has 0 aromatic rings. The van der Waals surface area contributed by atoms with Gasteiger partial charge in [0.1, 0.15) is 18.1 Å². The molecular weight excluding hydrogens is 568 g/mol. The van der Waals surface area contributed by atoms with Crippen LogP contribution in [0.25, 0.3) is 0 Å². The second kappa shape index (κ2) is 13.8. The minimum Gasteiger partial charge on any atom is -0.453 e. The first-order chi connectivity index (χ1) is 20.4. The zero-order valence-electron chi connectivity index (χ0n) is 27.5. The van der Waals surface area contributed by atoms with E-state index in [0.29, 0.717) is 13.0 Å². The first-order valence-corrected chi connectivity index (χ1v) is 15.8. The van der Waals surface area contributed by atoms with Crippen LogP contribution in [0.5, 0.6) is 0 Å². The molecule has 1 aliphatic heterocycles. The minimum atomic E-state index is -1.06. The van der Waals surface area contributed by atoms with Crippen LogP contribution in [0.3, 0.4) is 0 Å². The van der Waals surface area contributed by atoms with Crippen LogP contribution in [0, 0.1) is 22.7 Å². The summed E-state index contributed by atoms with van der Waals surface area (Å²) in [6.07, 6.45) is 4.04. The van der Waals surface area contributed by atoms with Gasteiger partial charge in [0.2, 0.25) is 23.5 Å². The smallest absolute Gasteiger partial charge is 0.407 e. The third-order valence-corrected chi connectivity index (χ3v) is 9.01. The van der Waals surface area contributed by atoms with Gasteiger partial charge >= 0.3 is 12.0 Å². The molecule has 0 aromatic heterocycles. The predicted octanol–water partition coefficient (Wildman–Crippen LogP) is 1.63. The summed E-state index contributed by atoms with van der Waals surface area (Å²) in [5, 5.41) is 9.20. The van der Waals surface area contributed by atoms with Crippen LogP contribution >= 0.6 is 0 Å². The maximum atomic E-state index is 14.3. The Labute approximate surface area is 260 Å². The standard InChI is InChI=1S/C31H52N6O7/c1-9-11-20(22(38)27(41)37(32)18-14-15-18)33-25(39)21-19-13-10-12-17(19)16-36(21)28(42)24(31(5,6)7)34-26(40)23(30(2,3)4)35-29(43)44-8/h17-21,23-24H,9-16,32H2,1-8H3,(H,33,39)(H,34,40)(H,35,43)/t17-,19-,20-,21-,23+,24+/m0/s1. The molecule has 6 atom stereocenters. The summed E-state index contributed by atoms with van der Waals surface area (Å²) < 4.78 is 4.71. The van der Waals surface area contributed by atoms with Crippen LogP contribution in [0.1, 0.15) is 93.4 Å². The number of amides is 5. The van der Waals surface area contributed by atoms with Crippen molar-refractivity contribution < 1.29 is 33.5 Å². The van der Waals surface area contributed by atoms with E-state index in [-0.39, 0.29) is 24.3 Å². The number of carbonyl (C=O) groups is 6. The van der Waals surface area contributed by atoms with Crippen molar-refractivity contribution in [3.63, 3.8) is 0 Å². The molecule has 1 saturated heterocycles. The van der Waals surface area contributed by atoms with E-state index in [1.807, 2.05) is 27.7 Å². The number of methoxy groups -OCH3 is 1. The Hall–Kier alpha value is -3.22. The number of ketones is 1. The van der Waals surface area contributed by atoms with Crippen LogP contribution in [-0.4, -0.2) is 89.3 Å². The zero-order chi connectivity index (χ0) is 33.1. The Kier molecular flexibility index (Phi) is 11.1. The Bertz CT molecular complexity index is 1130. The molecule has 3 aliphatic rings. The first kappa shape index (κ1) is 35.3. The van der Waals surface area contributed by atoms with Crippen molar-refractivity contribution in [3.05, 3.63) is 0 Å². The number of nitrogens with one attached hydrogen (secondary N) is 3. The molecule has 0 spiro atoms. The summed E-state index contributed by atoms with van der Waals surface area (Å²) in [6.45, 7) is 13.0. The molecule has 248 valence electrons. The number of rotatable bonds is 11. The molecule has 0 unspecified atom stereocenters. The van der Waals surface area contributed by atoms with Crippen molar-refractivity contribution in [2.24, 2.45) is 28.5 Å². The van der Waals surface area contributed by atoms with Gasteiger partial charge in [-0.1, -0.05) is 61.3 Å². The number of carbonyl (C=O) groups excluding carboxylic acids is 6. The fourth-order valence-electron chi connectivity index (χ4n) is 6.37. The number of hydrogen-bond donors (Lipinski definition) is 4. The number of ether oxygens (including phenoxy) is 1. The molecule has 2 aliphatic carbocycles. The SMILES string of the molecule is CCC[C@H](NC(=O)[C@@H]1[C@H]2CCC[C@H]2CN1C(=O)[C@@H](NC(=O)[C@@H](NC(=O)OC)C(C)(C)C)C(C)(C)C)C(=O)C(=O)N(N)C1CC1. The summed E-state index contributed by atoms with van der Waals surface area (Å²) in [5.74, 6) is 2.83. The van der Waals surface area contributed by atoms with E-state index in [9.17, 15) is 28.8 Å². The van der Waals surface area contributed by atoms with Gasteiger partial charge in [-0.15, -0.1) is 0 Å². The van der Waals surface area contributed by atoms with Crippen molar-refractivity contribution in [3.8, 4) is 0 Å². The van der Waals surface area contributed by atoms with Gasteiger partial charge in [0, 0.05) is 12.6 Å². The third kappa shape index (κ3) is 8.08. The van der Waals surface area contributed by atoms with Crippen LogP contribution < -0.4 is 21.8 Å². The highest BCUT2D eigenvalue weighted by Crippen LogP contribution is 2.43. The van der Waals surface area contributed by atoms with Gasteiger partial charge in [-0.05, 0) is 54.8 Å². The monoisotopic (exact) mass is 620 g/mol. The van der Waals surface area contributed by atoms with E-state index in [1.165, 1.54) is 12.0 Å². The largest absolute Gasteiger partial charge is 0.453 e. The molecule has 13 heteroatoms. The lowest BCUT2D eigenvalue weighted by molar-refractivity contribution is -0.148. The lowest BCUT2D eigenvalue weighted by Crippen LogP contribution is -2.63. The maximum absolute atomic E-state index is 14.3. The van der Waals surface area contributed by atoms with Crippen molar-refractivity contribution in [1.82, 2.24) is 25.9 Å². The molecule has 3 rings (SSSR count). The van der Waals surface area contributed by atoms with Crippen LogP contribution in [0.4, 0.5) is 4.79 Å². The minimum absolute atomic E-state index is 0.102. The lowest BCUT2D eigenvalue weighted by Gasteiger charge is -2.38. The number of nitrogens with zero attached hydrogens (tertiary/aromatic N) is 2. The summed E-state index contributed by atoms with van der Waals surface area (Å²) in [6, 6.07) is -4.09. The second-order valence-electron chi connectivity index (χ2n) is 14.7. The highest BCUT2D eigenvalue weighted by atomic mass is 16.5. The number of alkyl carbamates (subject to hydrolysis) is 1. The Balaban J connectivity index is 1.86. The molecule has 44 heavy (non-hydrogen) atoms. The molecule has 13 nitrogen and oxygen atoms in total. The quantitative estimate of drug-likeness (QED) is 0.116. The zero-order valence-corrected chi connectivity index (χ0v) is 27.5. The Morgan fingerprint density at radius 3 is 2.05 bits per heavy atom. The molecule has 2 saturated carbocycles. The highest BCUT2D eigenvalue weighted by molar-refractivity contribution is 6.38. The fourth-order valence-corrected chi connectivity index (χ4v) is 6.37. The van der Waals surface area contributed by atoms with Gasteiger partial charge in [0.05, 0.1) is 13.2 Å². The molecule has 0 aromatic carbocycles. The van der Waals surface area contributed by atoms with Gasteiger partial charge in [-0.2, -0.15) is 0 Å². The van der Waals surface area contributed by atoms with Crippen molar-refractivity contribution >= 4 is 35.5 Å². The Morgan fingerprint density at radius 2 is 1.52 bits per heavy atom. The van der Waals surface area contributed by atoms with E-state index in [2.05, 4.69) is 16.0 Å². The number of hydrazine groups is 1. The van der Waals surface area contributed by atoms with Gasteiger partial charge < -0.3 is 25.6 Å². The maximum Gasteiger partial charge on any atom is 0.407 e. The second-order valence-corrected chi connectivity index (χ2v) is 14.7. The van der Waals surface area contributed by atoms with Gasteiger partial charge in [0.15, 0.2) is 0 Å². The fraction of sp³-hybridized carbons (Fsp3) is 0.806. The molecule has 3 fully saturated rings. The van der Waals surface area contributed by atoms with Gasteiger partial charge in [-0.25, -0.2) is 10.6 Å². The average molecular weight is 621 g/mol. The summed E-state index contributed by atoms with van der Waals surface area (Å²) >= 11 is 0. The third-order valence-electron chi connectivity index (χ3n) is 9.01. The van der Waals surface area contributed by atoms with Crippen molar-refractivity contribution in [1.29, 1.82) is 0 Å². The van der Waals surface area contributed by atoms with E-state index in [4.69, 9.17) is 10.6 Å². The van der Waals surface area contributed by atoms with Crippen LogP contribution in [0.15, 0.2) is 0 Å². The molecule has 1 heterocycles. The number of nitrogens with two attached hydrogens (primary N) is 1. The number of fused-ring (bicyclic) bond motifs is 1. The normalized spacial score (nSPS) is 23.6. The summed E-state index contributed by atoms with van der Waals surface area (Å²) in [7, 11) is 1.21. The van der Waals surface area contributed by atoms with Crippen LogP contribution in [0.2, 0.25) is 0 Å². The van der Waals surface area contributed by atoms with Gasteiger partial charge in [-0.3, -0.25) is 29.0 Å². The molecular formula is C31H52N6O7. The predicted molar refractivity (Wildman–Crippen MR) is 162 cm³/mol. The number of Topliss-reactive ketones (excluding diaryl/α,β-unsaturated/α-hetero) is 1. The molecule has 5 amide bonds. The highest BCUT2D eigenvalue weighted by Gasteiger charge is 2.52. The topological polar surface area (TPSA) is 180 Å². The lowest BCUT2D eigenvalue weighted by atomic mass is 9.83. The first-order valence-electron chi connectivity index (χ1n) is 15.8. The van der Waals surface area contributed by atoms with Gasteiger partial charge in [0.25, 0.3) is 0 Å². The number of hydrogen-bond acceptors (Lipinski definition) is 8. The summed E-state index contributed by atoms with van der Waals surface area (Å²) in [5.41, 5.74) is -1.45. The van der Waals surface area contributed by atoms with E-state index >= 15 is 0 Å². The van der Waals surface area contributed by atoms with E-state index < -0.39 is 70.5 Å². The summed E-state index contributed by atoms with van der Waals surface area (Å²) in [4.78, 5) is 81.4. The number of likely N-dealkylation sites (tertiary alicyclic amines) is 1. The molecule has 5 N–H and O–H groups in total. The van der Waals surface area contributed by atoms with Crippen molar-refractivity contribution in [2.75, 3.05) is 13.7 Å². The molecule has 0 radical (unpaired) electrons.